The van der Waals surface area contributed by atoms with E-state index >= 15 is 0 Å². The molecule has 0 fully saturated rings. The Morgan fingerprint density at radius 3 is 2.07 bits per heavy atom. The Hall–Kier alpha value is -5.96. The Bertz CT molecular complexity index is 1540. The molecule has 4 rings (SSSR count). The van der Waals surface area contributed by atoms with Crippen molar-refractivity contribution >= 4 is 46.7 Å². The van der Waals surface area contributed by atoms with Crippen LogP contribution in [0.2, 0.25) is 0 Å². The van der Waals surface area contributed by atoms with Crippen LogP contribution in [-0.4, -0.2) is 47.1 Å². The Balaban J connectivity index is 0.00000111. The van der Waals surface area contributed by atoms with Crippen molar-refractivity contribution in [2.45, 2.75) is 14.0 Å². The number of benzene rings is 3. The fraction of sp³-hybridized carbons (Fsp3) is 0.103. The van der Waals surface area contributed by atoms with Crippen molar-refractivity contribution < 1.29 is 33.5 Å². The van der Waals surface area contributed by atoms with E-state index in [4.69, 9.17) is 35.4 Å². The van der Waals surface area contributed by atoms with E-state index in [1.165, 1.54) is 0 Å². The van der Waals surface area contributed by atoms with Crippen LogP contribution in [0.1, 0.15) is 33.8 Å². The zero-order valence-corrected chi connectivity index (χ0v) is 21.1. The number of aromatic nitrogens is 1. The summed E-state index contributed by atoms with van der Waals surface area (Å²) >= 11 is 0. The lowest BCUT2D eigenvalue weighted by Gasteiger charge is -2.17. The fourth-order valence-electron chi connectivity index (χ4n) is 3.40. The smallest absolute Gasteiger partial charge is 0.373 e. The highest BCUT2D eigenvalue weighted by molar-refractivity contribution is 5.95. The number of guanidine groups is 1. The van der Waals surface area contributed by atoms with Crippen molar-refractivity contribution in [2.24, 2.45) is 16.5 Å². The fourth-order valence-corrected chi connectivity index (χ4v) is 3.40. The number of hydrogen-bond donors (Lipinski definition) is 2. The number of ether oxygens (including phenoxy) is 1. The number of rotatable bonds is 6. The third kappa shape index (κ3) is 10.4. The van der Waals surface area contributed by atoms with E-state index in [0.717, 1.165) is 10.9 Å². The molecule has 12 nitrogen and oxygen atoms in total. The van der Waals surface area contributed by atoms with Crippen molar-refractivity contribution in [1.82, 2.24) is 9.88 Å². The molecule has 4 aromatic rings. The Labute approximate surface area is 235 Å². The van der Waals surface area contributed by atoms with E-state index in [1.807, 2.05) is 30.3 Å². The van der Waals surface area contributed by atoms with E-state index in [1.54, 1.807) is 66.5 Å². The Morgan fingerprint density at radius 1 is 0.878 bits per heavy atom. The van der Waals surface area contributed by atoms with Crippen molar-refractivity contribution in [3.8, 4) is 5.75 Å². The number of aliphatic imine (C=N–C) groups is 1. The molecule has 0 unspecified atom stereocenters. The molecule has 0 atom stereocenters. The average Bonchev–Trinajstić information content (AvgIpc) is 2.94. The van der Waals surface area contributed by atoms with E-state index < -0.39 is 5.97 Å². The highest BCUT2D eigenvalue weighted by Gasteiger charge is 2.15. The molecule has 210 valence electrons. The monoisotopic (exact) mass is 557 g/mol. The molecule has 1 amide bonds. The van der Waals surface area contributed by atoms with Crippen LogP contribution in [0.5, 0.6) is 5.75 Å². The summed E-state index contributed by atoms with van der Waals surface area (Å²) in [4.78, 5) is 67.8. The minimum absolute atomic E-state index is 0. The number of hydrogen-bond acceptors (Lipinski definition) is 9. The van der Waals surface area contributed by atoms with Gasteiger partial charge in [0.05, 0.1) is 16.8 Å². The van der Waals surface area contributed by atoms with Gasteiger partial charge in [-0.15, -0.1) is 0 Å². The van der Waals surface area contributed by atoms with Crippen molar-refractivity contribution in [2.75, 3.05) is 7.05 Å². The molecule has 0 spiro atoms. The summed E-state index contributed by atoms with van der Waals surface area (Å²) in [5.41, 5.74) is 13.6. The van der Waals surface area contributed by atoms with Gasteiger partial charge in [-0.2, -0.15) is 19.2 Å². The first-order chi connectivity index (χ1) is 19.2. The number of nitrogens with two attached hydrogens (primary N) is 2. The van der Waals surface area contributed by atoms with Gasteiger partial charge in [-0.25, -0.2) is 14.8 Å². The molecule has 4 N–H and O–H groups in total. The molecule has 0 saturated heterocycles. The average molecular weight is 558 g/mol. The minimum atomic E-state index is -0.516. The predicted octanol–water partition coefficient (Wildman–Crippen LogP) is 3.10. The molecular weight excluding hydrogens is 530 g/mol. The molecule has 0 radical (unpaired) electrons. The molecule has 0 aliphatic rings. The lowest BCUT2D eigenvalue weighted by Crippen LogP contribution is -2.26. The van der Waals surface area contributed by atoms with Crippen LogP contribution >= 0.6 is 0 Å². The third-order valence-corrected chi connectivity index (χ3v) is 5.06. The van der Waals surface area contributed by atoms with E-state index in [2.05, 4.69) is 9.98 Å². The van der Waals surface area contributed by atoms with Crippen LogP contribution < -0.4 is 16.2 Å². The first-order valence-corrected chi connectivity index (χ1v) is 11.3. The zero-order chi connectivity index (χ0) is 29.5. The van der Waals surface area contributed by atoms with Crippen molar-refractivity contribution in [3.05, 3.63) is 102 Å². The van der Waals surface area contributed by atoms with Gasteiger partial charge >= 0.3 is 18.3 Å². The van der Waals surface area contributed by atoms with Crippen LogP contribution in [0, 0.1) is 0 Å². The predicted molar refractivity (Wildman–Crippen MR) is 148 cm³/mol. The van der Waals surface area contributed by atoms with Crippen LogP contribution in [0.3, 0.4) is 0 Å². The summed E-state index contributed by atoms with van der Waals surface area (Å²) in [6.45, 7) is 0.487. The van der Waals surface area contributed by atoms with E-state index in [9.17, 15) is 9.59 Å². The minimum Gasteiger partial charge on any atom is -0.423 e. The van der Waals surface area contributed by atoms with Crippen molar-refractivity contribution in [1.29, 1.82) is 0 Å². The van der Waals surface area contributed by atoms with Crippen molar-refractivity contribution in [3.63, 3.8) is 0 Å². The Kier molecular flexibility index (Phi) is 13.5. The van der Waals surface area contributed by atoms with E-state index in [0.29, 0.717) is 34.8 Å². The molecule has 0 saturated carbocycles. The maximum atomic E-state index is 12.8. The Morgan fingerprint density at radius 2 is 1.49 bits per heavy atom. The number of nitrogens with zero attached hydrogens (tertiary/aromatic N) is 3. The van der Waals surface area contributed by atoms with Gasteiger partial charge in [0.2, 0.25) is 0 Å². The second-order valence-corrected chi connectivity index (χ2v) is 7.84. The standard InChI is InChI=1S/C26H23N5O3.2CO2.CH4/c1-31(16-17-5-3-2-4-6-17)24(32)23-13-9-19-15-21(12-14-22(19)30-23)34-25(33)18-7-10-20(11-8-18)29-26(27)28;2*2-1-3;/h2-15H,16H2,1H3,(H4,27,28,29);;;1H4. The number of esters is 1. The van der Waals surface area contributed by atoms with Gasteiger partial charge in [-0.3, -0.25) is 4.79 Å². The largest absolute Gasteiger partial charge is 0.423 e. The number of carbonyl (C=O) groups excluding carboxylic acids is 6. The first kappa shape index (κ1) is 33.1. The van der Waals surface area contributed by atoms with Gasteiger partial charge in [-0.1, -0.05) is 43.8 Å². The summed E-state index contributed by atoms with van der Waals surface area (Å²) in [5.74, 6) is -0.385. The highest BCUT2D eigenvalue weighted by Crippen LogP contribution is 2.22. The number of carbonyl (C=O) groups is 2. The quantitative estimate of drug-likeness (QED) is 0.154. The summed E-state index contributed by atoms with van der Waals surface area (Å²) in [6.07, 6.45) is 0.500. The zero-order valence-electron chi connectivity index (χ0n) is 21.1. The van der Waals surface area contributed by atoms with Crippen LogP contribution in [0.15, 0.2) is 89.9 Å². The van der Waals surface area contributed by atoms with Gasteiger partial charge < -0.3 is 21.1 Å². The molecular formula is C29H27N5O7. The molecule has 1 heterocycles. The number of pyridine rings is 1. The molecule has 12 heteroatoms. The molecule has 0 aliphatic heterocycles. The summed E-state index contributed by atoms with van der Waals surface area (Å²) in [5, 5.41) is 0.746. The van der Waals surface area contributed by atoms with Gasteiger partial charge in [0.25, 0.3) is 5.91 Å². The highest BCUT2D eigenvalue weighted by atomic mass is 16.5. The summed E-state index contributed by atoms with van der Waals surface area (Å²) in [7, 11) is 1.74. The van der Waals surface area contributed by atoms with Crippen LogP contribution in [0.25, 0.3) is 10.9 Å². The third-order valence-electron chi connectivity index (χ3n) is 5.06. The number of fused-ring (bicyclic) bond motifs is 1. The van der Waals surface area contributed by atoms with Gasteiger partial charge in [0.15, 0.2) is 5.96 Å². The van der Waals surface area contributed by atoms with Gasteiger partial charge in [-0.05, 0) is 54.1 Å². The van der Waals surface area contributed by atoms with Crippen LogP contribution in [0.4, 0.5) is 5.69 Å². The normalized spacial score (nSPS) is 9.10. The van der Waals surface area contributed by atoms with Gasteiger partial charge in [0.1, 0.15) is 11.4 Å². The van der Waals surface area contributed by atoms with Crippen LogP contribution in [-0.2, 0) is 25.7 Å². The molecule has 41 heavy (non-hydrogen) atoms. The second-order valence-electron chi connectivity index (χ2n) is 7.84. The summed E-state index contributed by atoms with van der Waals surface area (Å²) < 4.78 is 5.48. The lowest BCUT2D eigenvalue weighted by molar-refractivity contribution is -0.193. The van der Waals surface area contributed by atoms with Gasteiger partial charge in [0, 0.05) is 19.0 Å². The number of amides is 1. The second kappa shape index (κ2) is 16.8. The molecule has 3 aromatic carbocycles. The summed E-state index contributed by atoms with van der Waals surface area (Å²) in [6, 6.07) is 24.7. The molecule has 1 aromatic heterocycles. The molecule has 0 aliphatic carbocycles. The van der Waals surface area contributed by atoms with E-state index in [-0.39, 0.29) is 31.6 Å². The first-order valence-electron chi connectivity index (χ1n) is 11.3. The molecule has 0 bridgehead atoms. The lowest BCUT2D eigenvalue weighted by atomic mass is 10.1. The maximum Gasteiger partial charge on any atom is 0.373 e. The maximum absolute atomic E-state index is 12.8. The topological polar surface area (TPSA) is 192 Å². The SMILES string of the molecule is C.CN(Cc1ccccc1)C(=O)c1ccc2cc(OC(=O)c3ccc(N=C(N)N)cc3)ccc2n1.O=C=O.O=C=O.